The largest absolute Gasteiger partial charge is 0.311 e. The van der Waals surface area contributed by atoms with Crippen LogP contribution < -0.4 is 5.32 Å². The molecule has 2 atom stereocenters. The van der Waals surface area contributed by atoms with Crippen LogP contribution >= 0.6 is 0 Å². The van der Waals surface area contributed by atoms with Crippen molar-refractivity contribution in [3.05, 3.63) is 34.9 Å². The van der Waals surface area contributed by atoms with Gasteiger partial charge in [0.2, 0.25) is 0 Å². The Hall–Kier alpha value is -0.860. The van der Waals surface area contributed by atoms with Gasteiger partial charge in [-0.25, -0.2) is 0 Å². The molecule has 0 bridgehead atoms. The van der Waals surface area contributed by atoms with Crippen molar-refractivity contribution in [2.24, 2.45) is 5.92 Å². The van der Waals surface area contributed by atoms with E-state index in [1.54, 1.807) is 0 Å². The van der Waals surface area contributed by atoms with Gasteiger partial charge in [0.25, 0.3) is 0 Å². The number of aryl methyl sites for hydroxylation is 2. The van der Waals surface area contributed by atoms with E-state index >= 15 is 0 Å². The molecule has 2 unspecified atom stereocenters. The van der Waals surface area contributed by atoms with Crippen molar-refractivity contribution in [2.75, 3.05) is 13.1 Å². The second-order valence-electron chi connectivity index (χ2n) is 6.55. The SMILES string of the molecule is Cc1ccc(CN2CC(C3CC3)NCC2C)cc1C. The van der Waals surface area contributed by atoms with E-state index in [2.05, 4.69) is 49.2 Å². The molecule has 1 aromatic carbocycles. The molecule has 1 aromatic rings. The molecule has 1 aliphatic carbocycles. The summed E-state index contributed by atoms with van der Waals surface area (Å²) in [5.74, 6) is 0.953. The number of hydrogen-bond acceptors (Lipinski definition) is 2. The first-order valence-electron chi connectivity index (χ1n) is 7.67. The Bertz CT molecular complexity index is 451. The zero-order valence-electron chi connectivity index (χ0n) is 12.4. The van der Waals surface area contributed by atoms with E-state index in [0.29, 0.717) is 6.04 Å². The van der Waals surface area contributed by atoms with Gasteiger partial charge in [0.05, 0.1) is 0 Å². The summed E-state index contributed by atoms with van der Waals surface area (Å²) in [6.07, 6.45) is 2.87. The molecule has 1 heterocycles. The van der Waals surface area contributed by atoms with Crippen LogP contribution in [0.4, 0.5) is 0 Å². The molecule has 2 nitrogen and oxygen atoms in total. The van der Waals surface area contributed by atoms with Crippen LogP contribution in [-0.4, -0.2) is 30.1 Å². The van der Waals surface area contributed by atoms with E-state index in [1.165, 1.54) is 36.1 Å². The van der Waals surface area contributed by atoms with Crippen LogP contribution in [0.2, 0.25) is 0 Å². The molecule has 2 aliphatic rings. The van der Waals surface area contributed by atoms with Crippen LogP contribution in [0, 0.1) is 19.8 Å². The molecule has 1 saturated carbocycles. The smallest absolute Gasteiger partial charge is 0.0237 e. The van der Waals surface area contributed by atoms with Gasteiger partial charge < -0.3 is 5.32 Å². The fraction of sp³-hybridized carbons (Fsp3) is 0.647. The third kappa shape index (κ3) is 3.01. The zero-order valence-corrected chi connectivity index (χ0v) is 12.4. The maximum atomic E-state index is 3.73. The van der Waals surface area contributed by atoms with Crippen molar-refractivity contribution in [2.45, 2.75) is 52.2 Å². The normalized spacial score (nSPS) is 28.6. The minimum Gasteiger partial charge on any atom is -0.311 e. The Balaban J connectivity index is 1.67. The van der Waals surface area contributed by atoms with Gasteiger partial charge in [0.1, 0.15) is 0 Å². The summed E-state index contributed by atoms with van der Waals surface area (Å²) in [6.45, 7) is 10.2. The van der Waals surface area contributed by atoms with Gasteiger partial charge in [0, 0.05) is 31.7 Å². The number of nitrogens with zero attached hydrogens (tertiary/aromatic N) is 1. The fourth-order valence-corrected chi connectivity index (χ4v) is 3.12. The third-order valence-electron chi connectivity index (χ3n) is 4.88. The number of rotatable bonds is 3. The van der Waals surface area contributed by atoms with Crippen LogP contribution in [0.25, 0.3) is 0 Å². The van der Waals surface area contributed by atoms with Crippen LogP contribution in [0.15, 0.2) is 18.2 Å². The first-order chi connectivity index (χ1) is 9.13. The third-order valence-corrected chi connectivity index (χ3v) is 4.88. The predicted molar refractivity (Wildman–Crippen MR) is 80.3 cm³/mol. The summed E-state index contributed by atoms with van der Waals surface area (Å²) in [6, 6.07) is 8.30. The molecule has 3 rings (SSSR count). The molecule has 0 amide bonds. The number of piperazine rings is 1. The van der Waals surface area contributed by atoms with E-state index in [-0.39, 0.29) is 0 Å². The van der Waals surface area contributed by atoms with Crippen LogP contribution in [0.5, 0.6) is 0 Å². The van der Waals surface area contributed by atoms with Crippen LogP contribution in [-0.2, 0) is 6.54 Å². The van der Waals surface area contributed by atoms with Crippen molar-refractivity contribution < 1.29 is 0 Å². The average molecular weight is 258 g/mol. The molecule has 0 radical (unpaired) electrons. The highest BCUT2D eigenvalue weighted by atomic mass is 15.2. The van der Waals surface area contributed by atoms with Crippen LogP contribution in [0.3, 0.4) is 0 Å². The molecule has 0 aromatic heterocycles. The standard InChI is InChI=1S/C17H26N2/c1-12-4-5-15(8-13(12)2)10-19-11-17(16-6-7-16)18-9-14(19)3/h4-5,8,14,16-18H,6-7,9-11H2,1-3H3. The number of benzene rings is 1. The van der Waals surface area contributed by atoms with Gasteiger partial charge in [0.15, 0.2) is 0 Å². The lowest BCUT2D eigenvalue weighted by atomic mass is 10.0. The lowest BCUT2D eigenvalue weighted by molar-refractivity contribution is 0.125. The minimum absolute atomic E-state index is 0.650. The highest BCUT2D eigenvalue weighted by Gasteiger charge is 2.35. The van der Waals surface area contributed by atoms with Gasteiger partial charge in [-0.05, 0) is 56.2 Å². The molecule has 1 aliphatic heterocycles. The van der Waals surface area contributed by atoms with Crippen LogP contribution in [0.1, 0.15) is 36.5 Å². The molecular weight excluding hydrogens is 232 g/mol. The summed E-state index contributed by atoms with van der Waals surface area (Å²) in [5, 5.41) is 3.73. The number of hydrogen-bond donors (Lipinski definition) is 1. The van der Waals surface area contributed by atoms with Gasteiger partial charge in [-0.2, -0.15) is 0 Å². The lowest BCUT2D eigenvalue weighted by Gasteiger charge is -2.39. The molecule has 2 heteroatoms. The summed E-state index contributed by atoms with van der Waals surface area (Å²) in [7, 11) is 0. The Morgan fingerprint density at radius 2 is 2.00 bits per heavy atom. The van der Waals surface area contributed by atoms with Gasteiger partial charge in [-0.15, -0.1) is 0 Å². The zero-order chi connectivity index (χ0) is 13.4. The monoisotopic (exact) mass is 258 g/mol. The van der Waals surface area contributed by atoms with E-state index in [1.807, 2.05) is 0 Å². The van der Waals surface area contributed by atoms with E-state index in [4.69, 9.17) is 0 Å². The van der Waals surface area contributed by atoms with Gasteiger partial charge >= 0.3 is 0 Å². The summed E-state index contributed by atoms with van der Waals surface area (Å²) >= 11 is 0. The Labute approximate surface area is 117 Å². The molecule has 1 N–H and O–H groups in total. The fourth-order valence-electron chi connectivity index (χ4n) is 3.12. The highest BCUT2D eigenvalue weighted by Crippen LogP contribution is 2.34. The molecule has 1 saturated heterocycles. The quantitative estimate of drug-likeness (QED) is 0.897. The van der Waals surface area contributed by atoms with Crippen molar-refractivity contribution in [3.8, 4) is 0 Å². The van der Waals surface area contributed by atoms with Crippen molar-refractivity contribution in [1.82, 2.24) is 10.2 Å². The minimum atomic E-state index is 0.650. The first kappa shape index (κ1) is 13.1. The summed E-state index contributed by atoms with van der Waals surface area (Å²) in [5.41, 5.74) is 4.28. The van der Waals surface area contributed by atoms with Crippen molar-refractivity contribution >= 4 is 0 Å². The van der Waals surface area contributed by atoms with E-state index in [9.17, 15) is 0 Å². The van der Waals surface area contributed by atoms with E-state index in [0.717, 1.165) is 25.0 Å². The lowest BCUT2D eigenvalue weighted by Crippen LogP contribution is -2.55. The maximum absolute atomic E-state index is 3.73. The Morgan fingerprint density at radius 3 is 2.68 bits per heavy atom. The average Bonchev–Trinajstić information content (AvgIpc) is 3.21. The number of nitrogens with one attached hydrogen (secondary N) is 1. The first-order valence-corrected chi connectivity index (χ1v) is 7.67. The molecule has 2 fully saturated rings. The van der Waals surface area contributed by atoms with Gasteiger partial charge in [-0.1, -0.05) is 18.2 Å². The molecular formula is C17H26N2. The summed E-state index contributed by atoms with van der Waals surface area (Å²) in [4.78, 5) is 2.66. The van der Waals surface area contributed by atoms with Crippen molar-refractivity contribution in [3.63, 3.8) is 0 Å². The topological polar surface area (TPSA) is 15.3 Å². The van der Waals surface area contributed by atoms with Gasteiger partial charge in [-0.3, -0.25) is 4.90 Å². The summed E-state index contributed by atoms with van der Waals surface area (Å²) < 4.78 is 0. The Morgan fingerprint density at radius 1 is 1.21 bits per heavy atom. The highest BCUT2D eigenvalue weighted by molar-refractivity contribution is 5.29. The maximum Gasteiger partial charge on any atom is 0.0237 e. The van der Waals surface area contributed by atoms with E-state index < -0.39 is 0 Å². The second kappa shape index (κ2) is 5.26. The molecule has 104 valence electrons. The predicted octanol–water partition coefficient (Wildman–Crippen LogP) is 2.88. The van der Waals surface area contributed by atoms with Crippen molar-refractivity contribution in [1.29, 1.82) is 0 Å². The Kier molecular flexibility index (Phi) is 3.64. The second-order valence-corrected chi connectivity index (χ2v) is 6.55. The molecule has 19 heavy (non-hydrogen) atoms. The molecule has 0 spiro atoms.